The van der Waals surface area contributed by atoms with Crippen LogP contribution in [0.15, 0.2) is 248 Å². The highest BCUT2D eigenvalue weighted by Gasteiger charge is 2.15. The molecule has 0 saturated heterocycles. The lowest BCUT2D eigenvalue weighted by molar-refractivity contribution is 1.28. The van der Waals surface area contributed by atoms with Gasteiger partial charge < -0.3 is 4.90 Å². The fraction of sp³-hybridized carbons (Fsp3) is 0. The maximum absolute atomic E-state index is 9.56. The first kappa shape index (κ1) is 24.1. The van der Waals surface area contributed by atoms with Gasteiger partial charge in [-0.3, -0.25) is 0 Å². The van der Waals surface area contributed by atoms with E-state index >= 15 is 0 Å². The normalized spacial score (nSPS) is 14.1. The second kappa shape index (κ2) is 16.0. The third-order valence-electron chi connectivity index (χ3n) is 10.3. The molecule has 10 aromatic rings. The van der Waals surface area contributed by atoms with Crippen LogP contribution in [0.2, 0.25) is 0 Å². The van der Waals surface area contributed by atoms with Crippen LogP contribution in [0, 0.1) is 0 Å². The Kier molecular flexibility index (Phi) is 6.55. The van der Waals surface area contributed by atoms with Crippen molar-refractivity contribution < 1.29 is 17.8 Å². The molecule has 1 heteroatoms. The Morgan fingerprint density at radius 2 is 0.627 bits per heavy atom. The molecule has 10 aromatic carbocycles. The Balaban J connectivity index is 1.10. The van der Waals surface area contributed by atoms with Gasteiger partial charge in [0.15, 0.2) is 0 Å². The Hall–Kier alpha value is -7.74. The van der Waals surface area contributed by atoms with Gasteiger partial charge in [0, 0.05) is 17.1 Å². The summed E-state index contributed by atoms with van der Waals surface area (Å²) >= 11 is 0. The van der Waals surface area contributed by atoms with Crippen molar-refractivity contribution in [2.24, 2.45) is 0 Å². The van der Waals surface area contributed by atoms with E-state index in [1.807, 2.05) is 121 Å². The maximum Gasteiger partial charge on any atom is 0.0645 e. The Bertz CT molecular complexity index is 3700. The van der Waals surface area contributed by atoms with Crippen LogP contribution in [-0.4, -0.2) is 0 Å². The van der Waals surface area contributed by atoms with E-state index in [0.717, 1.165) is 55.3 Å². The second-order valence-electron chi connectivity index (χ2n) is 14.0. The summed E-state index contributed by atoms with van der Waals surface area (Å²) in [6, 6.07) is 47.0. The molecule has 0 spiro atoms. The smallest absolute Gasteiger partial charge is 0.0645 e. The maximum atomic E-state index is 9.56. The van der Waals surface area contributed by atoms with Crippen LogP contribution in [0.5, 0.6) is 0 Å². The van der Waals surface area contributed by atoms with Crippen molar-refractivity contribution >= 4 is 27.8 Å². The molecule has 0 bridgehead atoms. The monoisotopic (exact) mass is 764 g/mol. The summed E-state index contributed by atoms with van der Waals surface area (Å²) in [6.45, 7) is 0. The molecule has 0 aromatic heterocycles. The molecule has 0 unspecified atom stereocenters. The predicted octanol–water partition coefficient (Wildman–Crippen LogP) is 16.3. The summed E-state index contributed by atoms with van der Waals surface area (Å²) in [5.41, 5.74) is 6.65. The van der Waals surface area contributed by atoms with Gasteiger partial charge in [-0.1, -0.05) is 194 Å². The number of nitrogens with zero attached hydrogens (tertiary/aromatic N) is 1. The largest absolute Gasteiger partial charge is 0.311 e. The van der Waals surface area contributed by atoms with E-state index in [1.165, 1.54) is 0 Å². The van der Waals surface area contributed by atoms with Gasteiger partial charge in [0.1, 0.15) is 0 Å². The topological polar surface area (TPSA) is 3.24 Å². The lowest BCUT2D eigenvalue weighted by Crippen LogP contribution is -2.09. The zero-order valence-corrected chi connectivity index (χ0v) is 31.6. The molecule has 59 heavy (non-hydrogen) atoms. The third kappa shape index (κ3) is 7.58. The standard InChI is InChI=1S/C58H41N/c1-3-11-42(12-4-1)45-21-23-46(24-22-45)47-27-33-56(34-28-47)59(57-35-29-48(30-36-57)52-18-9-17-51(39-52)43-13-5-2-6-14-43)58-37-31-49(32-38-58)53-19-10-20-54(40-53)55-26-25-44-15-7-8-16-50(44)41-55/h1-41H/i1D,3D,4D,11D,12D,21D,22D,23D,24D,27D,28D,33D,34D. The first-order chi connectivity index (χ1) is 34.6. The van der Waals surface area contributed by atoms with Crippen molar-refractivity contribution in [2.45, 2.75) is 0 Å². The number of fused-ring (bicyclic) bond motifs is 1. The minimum atomic E-state index is -0.774. The van der Waals surface area contributed by atoms with E-state index in [1.54, 1.807) is 4.90 Å². The number of benzene rings is 10. The minimum absolute atomic E-state index is 0.135. The molecule has 0 aliphatic rings. The average Bonchev–Trinajstić information content (AvgIpc) is 3.42. The van der Waals surface area contributed by atoms with E-state index in [9.17, 15) is 5.48 Å². The van der Waals surface area contributed by atoms with Crippen molar-refractivity contribution in [2.75, 3.05) is 4.90 Å². The lowest BCUT2D eigenvalue weighted by Gasteiger charge is -2.26. The van der Waals surface area contributed by atoms with Crippen LogP contribution in [0.4, 0.5) is 17.1 Å². The third-order valence-corrected chi connectivity index (χ3v) is 10.3. The summed E-state index contributed by atoms with van der Waals surface area (Å²) in [4.78, 5) is 1.63. The van der Waals surface area contributed by atoms with Gasteiger partial charge in [-0.25, -0.2) is 0 Å². The zero-order chi connectivity index (χ0) is 50.7. The molecule has 0 aliphatic carbocycles. The second-order valence-corrected chi connectivity index (χ2v) is 14.0. The lowest BCUT2D eigenvalue weighted by atomic mass is 9.97. The van der Waals surface area contributed by atoms with Gasteiger partial charge in [-0.05, 0) is 132 Å². The minimum Gasteiger partial charge on any atom is -0.311 e. The molecule has 0 fully saturated rings. The van der Waals surface area contributed by atoms with E-state index in [-0.39, 0.29) is 5.69 Å². The van der Waals surface area contributed by atoms with E-state index in [4.69, 9.17) is 12.3 Å². The average molecular weight is 765 g/mol. The first-order valence-corrected chi connectivity index (χ1v) is 19.2. The van der Waals surface area contributed by atoms with Crippen LogP contribution in [0.25, 0.3) is 77.5 Å². The molecule has 0 N–H and O–H groups in total. The van der Waals surface area contributed by atoms with Crippen LogP contribution in [0.1, 0.15) is 17.8 Å². The summed E-state index contributed by atoms with van der Waals surface area (Å²) in [6.07, 6.45) is 0. The number of rotatable bonds is 9. The Labute approximate surface area is 365 Å². The summed E-state index contributed by atoms with van der Waals surface area (Å²) in [5.74, 6) is 0. The van der Waals surface area contributed by atoms with Gasteiger partial charge in [-0.2, -0.15) is 0 Å². The number of hydrogen-bond acceptors (Lipinski definition) is 1. The fourth-order valence-corrected chi connectivity index (χ4v) is 7.25. The number of hydrogen-bond donors (Lipinski definition) is 0. The van der Waals surface area contributed by atoms with Gasteiger partial charge in [0.05, 0.1) is 17.8 Å². The van der Waals surface area contributed by atoms with E-state index in [0.29, 0.717) is 11.4 Å². The Morgan fingerprint density at radius 3 is 1.17 bits per heavy atom. The highest BCUT2D eigenvalue weighted by Crippen LogP contribution is 2.39. The molecule has 0 aliphatic heterocycles. The predicted molar refractivity (Wildman–Crippen MR) is 251 cm³/mol. The highest BCUT2D eigenvalue weighted by atomic mass is 15.1. The molecule has 0 atom stereocenters. The highest BCUT2D eigenvalue weighted by molar-refractivity contribution is 5.88. The molecule has 1 nitrogen and oxygen atoms in total. The van der Waals surface area contributed by atoms with Crippen molar-refractivity contribution in [3.05, 3.63) is 248 Å². The van der Waals surface area contributed by atoms with Gasteiger partial charge in [-0.15, -0.1) is 0 Å². The molecule has 10 rings (SSSR count). The zero-order valence-electron chi connectivity index (χ0n) is 44.6. The van der Waals surface area contributed by atoms with Gasteiger partial charge in [0.25, 0.3) is 0 Å². The summed E-state index contributed by atoms with van der Waals surface area (Å²) in [7, 11) is 0. The first-order valence-electron chi connectivity index (χ1n) is 25.7. The fourth-order valence-electron chi connectivity index (χ4n) is 7.25. The molecular formula is C58H41N. The molecule has 0 radical (unpaired) electrons. The van der Waals surface area contributed by atoms with Crippen molar-refractivity contribution in [1.29, 1.82) is 0 Å². The summed E-state index contributed by atoms with van der Waals surface area (Å²) < 4.78 is 115. The molecular weight excluding hydrogens is 711 g/mol. The number of anilines is 3. The van der Waals surface area contributed by atoms with Crippen molar-refractivity contribution in [3.63, 3.8) is 0 Å². The van der Waals surface area contributed by atoms with Crippen molar-refractivity contribution in [1.82, 2.24) is 0 Å². The van der Waals surface area contributed by atoms with Crippen LogP contribution >= 0.6 is 0 Å². The van der Waals surface area contributed by atoms with Gasteiger partial charge in [0.2, 0.25) is 0 Å². The van der Waals surface area contributed by atoms with E-state index < -0.39 is 101 Å². The SMILES string of the molecule is [2H]c1c([2H])c([2H])c(-c2c([2H])c([2H])c(-c3c([2H])c([2H])c(N(c4ccc(-c5cccc(-c6ccccc6)c5)cc4)c4ccc(-c5cccc(-c6ccc7ccccc7c6)c5)cc4)c([2H])c3[2H])c([2H])c2[2H])c([2H])c1[2H]. The van der Waals surface area contributed by atoms with Crippen LogP contribution in [-0.2, 0) is 0 Å². The molecule has 0 heterocycles. The van der Waals surface area contributed by atoms with Crippen LogP contribution < -0.4 is 4.90 Å². The molecule has 278 valence electrons. The molecule has 0 amide bonds. The quantitative estimate of drug-likeness (QED) is 0.141. The van der Waals surface area contributed by atoms with E-state index in [2.05, 4.69) is 48.5 Å². The molecule has 0 saturated carbocycles. The summed E-state index contributed by atoms with van der Waals surface area (Å²) in [5, 5.41) is 2.28. The van der Waals surface area contributed by atoms with Crippen molar-refractivity contribution in [3.8, 4) is 66.8 Å². The van der Waals surface area contributed by atoms with Gasteiger partial charge >= 0.3 is 0 Å². The Morgan fingerprint density at radius 1 is 0.237 bits per heavy atom. The van der Waals surface area contributed by atoms with Crippen LogP contribution in [0.3, 0.4) is 0 Å².